The zero-order valence-electron chi connectivity index (χ0n) is 12.3. The SMILES string of the molecule is Cc1cc(C#N)cc(C)c1Oc1cccc(F)c1[C@H](C)N. The zero-order valence-corrected chi connectivity index (χ0v) is 12.3. The highest BCUT2D eigenvalue weighted by atomic mass is 19.1. The van der Waals surface area contributed by atoms with Crippen LogP contribution in [0.2, 0.25) is 0 Å². The minimum Gasteiger partial charge on any atom is -0.456 e. The molecule has 1 atom stereocenters. The van der Waals surface area contributed by atoms with Gasteiger partial charge in [-0.05, 0) is 56.2 Å². The van der Waals surface area contributed by atoms with Crippen molar-refractivity contribution < 1.29 is 9.13 Å². The average Bonchev–Trinajstić information content (AvgIpc) is 2.42. The summed E-state index contributed by atoms with van der Waals surface area (Å²) in [5.74, 6) is 0.647. The van der Waals surface area contributed by atoms with E-state index in [9.17, 15) is 4.39 Å². The molecule has 0 amide bonds. The molecule has 0 unspecified atom stereocenters. The molecule has 4 heteroatoms. The van der Waals surface area contributed by atoms with E-state index < -0.39 is 6.04 Å². The topological polar surface area (TPSA) is 59.0 Å². The summed E-state index contributed by atoms with van der Waals surface area (Å²) in [6, 6.07) is 9.76. The molecule has 108 valence electrons. The summed E-state index contributed by atoms with van der Waals surface area (Å²) in [7, 11) is 0. The van der Waals surface area contributed by atoms with Crippen LogP contribution in [0.25, 0.3) is 0 Å². The largest absolute Gasteiger partial charge is 0.456 e. The monoisotopic (exact) mass is 284 g/mol. The van der Waals surface area contributed by atoms with Crippen molar-refractivity contribution in [2.75, 3.05) is 0 Å². The van der Waals surface area contributed by atoms with Gasteiger partial charge >= 0.3 is 0 Å². The molecule has 0 radical (unpaired) electrons. The van der Waals surface area contributed by atoms with Gasteiger partial charge < -0.3 is 10.5 Å². The molecule has 0 aliphatic heterocycles. The zero-order chi connectivity index (χ0) is 15.6. The third kappa shape index (κ3) is 3.04. The van der Waals surface area contributed by atoms with E-state index >= 15 is 0 Å². The molecule has 2 aromatic carbocycles. The number of nitriles is 1. The van der Waals surface area contributed by atoms with Gasteiger partial charge in [0.05, 0.1) is 11.6 Å². The number of rotatable bonds is 3. The van der Waals surface area contributed by atoms with Crippen LogP contribution in [0.1, 0.15) is 35.2 Å². The first kappa shape index (κ1) is 15.0. The Hall–Kier alpha value is -2.38. The highest BCUT2D eigenvalue weighted by Gasteiger charge is 2.16. The Kier molecular flexibility index (Phi) is 4.25. The molecule has 0 fully saturated rings. The Morgan fingerprint density at radius 2 is 1.86 bits per heavy atom. The first-order chi connectivity index (χ1) is 9.93. The maximum atomic E-state index is 13.9. The van der Waals surface area contributed by atoms with Crippen molar-refractivity contribution in [3.63, 3.8) is 0 Å². The number of benzene rings is 2. The van der Waals surface area contributed by atoms with E-state index in [2.05, 4.69) is 6.07 Å². The van der Waals surface area contributed by atoms with Gasteiger partial charge in [-0.1, -0.05) is 6.07 Å². The Bertz CT molecular complexity index is 694. The maximum Gasteiger partial charge on any atom is 0.135 e. The second-order valence-electron chi connectivity index (χ2n) is 5.09. The fourth-order valence-corrected chi connectivity index (χ4v) is 2.33. The van der Waals surface area contributed by atoms with Crippen LogP contribution in [0.4, 0.5) is 4.39 Å². The Labute approximate surface area is 123 Å². The van der Waals surface area contributed by atoms with Crippen LogP contribution < -0.4 is 10.5 Å². The van der Waals surface area contributed by atoms with Gasteiger partial charge in [-0.25, -0.2) is 4.39 Å². The molecule has 0 aliphatic rings. The van der Waals surface area contributed by atoms with Gasteiger partial charge in [-0.3, -0.25) is 0 Å². The highest BCUT2D eigenvalue weighted by Crippen LogP contribution is 2.34. The third-order valence-electron chi connectivity index (χ3n) is 3.27. The van der Waals surface area contributed by atoms with Crippen molar-refractivity contribution in [3.8, 4) is 17.6 Å². The van der Waals surface area contributed by atoms with Crippen LogP contribution in [0.15, 0.2) is 30.3 Å². The summed E-state index contributed by atoms with van der Waals surface area (Å²) in [6.45, 7) is 5.42. The Morgan fingerprint density at radius 3 is 2.38 bits per heavy atom. The molecule has 0 saturated carbocycles. The van der Waals surface area contributed by atoms with Gasteiger partial charge in [0.15, 0.2) is 0 Å². The summed E-state index contributed by atoms with van der Waals surface area (Å²) >= 11 is 0. The van der Waals surface area contributed by atoms with E-state index in [0.717, 1.165) is 11.1 Å². The van der Waals surface area contributed by atoms with Crippen molar-refractivity contribution in [3.05, 3.63) is 58.4 Å². The van der Waals surface area contributed by atoms with E-state index in [1.807, 2.05) is 13.8 Å². The lowest BCUT2D eigenvalue weighted by molar-refractivity contribution is 0.454. The Morgan fingerprint density at radius 1 is 1.24 bits per heavy atom. The third-order valence-corrected chi connectivity index (χ3v) is 3.27. The minimum absolute atomic E-state index is 0.348. The predicted octanol–water partition coefficient (Wildman–Crippen LogP) is 4.13. The number of aryl methyl sites for hydroxylation is 2. The fraction of sp³-hybridized carbons (Fsp3) is 0.235. The lowest BCUT2D eigenvalue weighted by Gasteiger charge is -2.17. The van der Waals surface area contributed by atoms with Gasteiger partial charge in [-0.2, -0.15) is 5.26 Å². The predicted molar refractivity (Wildman–Crippen MR) is 79.7 cm³/mol. The lowest BCUT2D eigenvalue weighted by Crippen LogP contribution is -2.09. The first-order valence-electron chi connectivity index (χ1n) is 6.67. The van der Waals surface area contributed by atoms with Crippen molar-refractivity contribution in [1.29, 1.82) is 5.26 Å². The second kappa shape index (κ2) is 5.94. The molecule has 2 aromatic rings. The van der Waals surface area contributed by atoms with Gasteiger partial charge in [0.1, 0.15) is 17.3 Å². The number of ether oxygens (including phenoxy) is 1. The summed E-state index contributed by atoms with van der Waals surface area (Å²) in [5, 5.41) is 8.96. The number of halogens is 1. The van der Waals surface area contributed by atoms with Crippen LogP contribution in [0, 0.1) is 31.0 Å². The van der Waals surface area contributed by atoms with E-state index in [1.165, 1.54) is 6.07 Å². The van der Waals surface area contributed by atoms with Gasteiger partial charge in [0.25, 0.3) is 0 Å². The summed E-state index contributed by atoms with van der Waals surface area (Å²) in [5.41, 5.74) is 8.40. The van der Waals surface area contributed by atoms with E-state index in [-0.39, 0.29) is 5.82 Å². The number of nitrogens with two attached hydrogens (primary N) is 1. The normalized spacial score (nSPS) is 11.8. The van der Waals surface area contributed by atoms with Gasteiger partial charge in [0.2, 0.25) is 0 Å². The molecule has 0 heterocycles. The number of hydrogen-bond acceptors (Lipinski definition) is 3. The van der Waals surface area contributed by atoms with Gasteiger partial charge in [0, 0.05) is 11.6 Å². The highest BCUT2D eigenvalue weighted by molar-refractivity contribution is 5.50. The van der Waals surface area contributed by atoms with E-state index in [1.54, 1.807) is 31.2 Å². The molecular formula is C17H17FN2O. The smallest absolute Gasteiger partial charge is 0.135 e. The summed E-state index contributed by atoms with van der Waals surface area (Å²) < 4.78 is 19.8. The standard InChI is InChI=1S/C17H17FN2O/c1-10-7-13(9-19)8-11(2)17(10)21-15-6-4-5-14(18)16(15)12(3)20/h4-8,12H,20H2,1-3H3/t12-/m0/s1. The summed E-state index contributed by atoms with van der Waals surface area (Å²) in [4.78, 5) is 0. The van der Waals surface area contributed by atoms with Crippen molar-refractivity contribution in [1.82, 2.24) is 0 Å². The molecule has 2 N–H and O–H groups in total. The molecule has 3 nitrogen and oxygen atoms in total. The first-order valence-corrected chi connectivity index (χ1v) is 6.67. The van der Waals surface area contributed by atoms with Crippen LogP contribution in [-0.4, -0.2) is 0 Å². The molecule has 0 bridgehead atoms. The molecule has 0 saturated heterocycles. The molecule has 21 heavy (non-hydrogen) atoms. The van der Waals surface area contributed by atoms with Crippen LogP contribution in [0.3, 0.4) is 0 Å². The Balaban J connectivity index is 2.49. The van der Waals surface area contributed by atoms with Crippen molar-refractivity contribution in [2.45, 2.75) is 26.8 Å². The molecule has 2 rings (SSSR count). The second-order valence-corrected chi connectivity index (χ2v) is 5.09. The van der Waals surface area contributed by atoms with Crippen molar-refractivity contribution in [2.24, 2.45) is 5.73 Å². The van der Waals surface area contributed by atoms with Gasteiger partial charge in [-0.15, -0.1) is 0 Å². The lowest BCUT2D eigenvalue weighted by atomic mass is 10.1. The fourth-order valence-electron chi connectivity index (χ4n) is 2.33. The van der Waals surface area contributed by atoms with Crippen LogP contribution in [0.5, 0.6) is 11.5 Å². The number of hydrogen-bond donors (Lipinski definition) is 1. The maximum absolute atomic E-state index is 13.9. The average molecular weight is 284 g/mol. The minimum atomic E-state index is -0.472. The molecule has 0 spiro atoms. The van der Waals surface area contributed by atoms with Crippen molar-refractivity contribution >= 4 is 0 Å². The molecule has 0 aromatic heterocycles. The summed E-state index contributed by atoms with van der Waals surface area (Å²) in [6.07, 6.45) is 0. The molecular weight excluding hydrogens is 267 g/mol. The number of nitrogens with zero attached hydrogens (tertiary/aromatic N) is 1. The quantitative estimate of drug-likeness (QED) is 0.922. The van der Waals surface area contributed by atoms with E-state index in [0.29, 0.717) is 22.6 Å². The molecule has 0 aliphatic carbocycles. The van der Waals surface area contributed by atoms with Crippen LogP contribution in [-0.2, 0) is 0 Å². The van der Waals surface area contributed by atoms with Crippen LogP contribution >= 0.6 is 0 Å². The van der Waals surface area contributed by atoms with E-state index in [4.69, 9.17) is 15.7 Å².